The summed E-state index contributed by atoms with van der Waals surface area (Å²) >= 11 is 0. The predicted octanol–water partition coefficient (Wildman–Crippen LogP) is 3.49. The molecule has 208 valence electrons. The van der Waals surface area contributed by atoms with Gasteiger partial charge >= 0.3 is 5.97 Å². The molecule has 2 heterocycles. The highest BCUT2D eigenvalue weighted by molar-refractivity contribution is 5.72. The van der Waals surface area contributed by atoms with Crippen LogP contribution < -0.4 is 14.5 Å². The standard InChI is InChI=1S/C29H37N5O5/c1-4-21-6-10-23(11-7-21)26-30-28(32-29(31-26)34-15-17-37-18-16-34)33(3)14-19-39-24-12-8-22(9-13-24)20-25(27(35)36)38-5-2/h6-13,25H,4-5,14-20H2,1-3H3,(H,35,36). The maximum Gasteiger partial charge on any atom is 0.333 e. The summed E-state index contributed by atoms with van der Waals surface area (Å²) in [7, 11) is 1.94. The molecule has 1 fully saturated rings. The first-order valence-corrected chi connectivity index (χ1v) is 13.4. The fraction of sp³-hybridized carbons (Fsp3) is 0.448. The van der Waals surface area contributed by atoms with Crippen molar-refractivity contribution in [3.8, 4) is 17.1 Å². The predicted molar refractivity (Wildman–Crippen MR) is 150 cm³/mol. The molecular weight excluding hydrogens is 498 g/mol. The zero-order valence-corrected chi connectivity index (χ0v) is 22.9. The molecule has 0 bridgehead atoms. The third-order valence-corrected chi connectivity index (χ3v) is 6.55. The van der Waals surface area contributed by atoms with Gasteiger partial charge in [0.1, 0.15) is 12.4 Å². The molecule has 39 heavy (non-hydrogen) atoms. The van der Waals surface area contributed by atoms with Crippen molar-refractivity contribution in [2.75, 3.05) is 62.9 Å². The lowest BCUT2D eigenvalue weighted by molar-refractivity contribution is -0.149. The van der Waals surface area contributed by atoms with E-state index in [4.69, 9.17) is 29.2 Å². The van der Waals surface area contributed by atoms with Crippen LogP contribution in [0.2, 0.25) is 0 Å². The van der Waals surface area contributed by atoms with Gasteiger partial charge in [0.25, 0.3) is 0 Å². The largest absolute Gasteiger partial charge is 0.492 e. The van der Waals surface area contributed by atoms with Crippen LogP contribution in [0.25, 0.3) is 11.4 Å². The maximum absolute atomic E-state index is 11.3. The van der Waals surface area contributed by atoms with Crippen LogP contribution >= 0.6 is 0 Å². The number of morpholine rings is 1. The highest BCUT2D eigenvalue weighted by Gasteiger charge is 2.20. The van der Waals surface area contributed by atoms with Crippen LogP contribution in [0, 0.1) is 0 Å². The highest BCUT2D eigenvalue weighted by atomic mass is 16.5. The minimum atomic E-state index is -0.962. The van der Waals surface area contributed by atoms with Crippen LogP contribution in [0.15, 0.2) is 48.5 Å². The number of nitrogens with zero attached hydrogens (tertiary/aromatic N) is 5. The Balaban J connectivity index is 1.42. The van der Waals surface area contributed by atoms with E-state index in [1.165, 1.54) is 5.56 Å². The lowest BCUT2D eigenvalue weighted by Gasteiger charge is -2.28. The Morgan fingerprint density at radius 2 is 1.72 bits per heavy atom. The summed E-state index contributed by atoms with van der Waals surface area (Å²) in [6.45, 7) is 8.02. The number of aromatic nitrogens is 3. The van der Waals surface area contributed by atoms with E-state index in [2.05, 4.69) is 36.1 Å². The summed E-state index contributed by atoms with van der Waals surface area (Å²) in [6.07, 6.45) is 0.428. The smallest absolute Gasteiger partial charge is 0.333 e. The van der Waals surface area contributed by atoms with Crippen LogP contribution in [-0.4, -0.2) is 85.2 Å². The lowest BCUT2D eigenvalue weighted by Crippen LogP contribution is -2.38. The number of hydrogen-bond acceptors (Lipinski definition) is 9. The Kier molecular flexibility index (Phi) is 10.0. The quantitative estimate of drug-likeness (QED) is 0.349. The van der Waals surface area contributed by atoms with Crippen molar-refractivity contribution < 1.29 is 24.1 Å². The molecule has 1 aliphatic heterocycles. The summed E-state index contributed by atoms with van der Waals surface area (Å²) in [5.74, 6) is 1.61. The van der Waals surface area contributed by atoms with E-state index in [9.17, 15) is 9.90 Å². The van der Waals surface area contributed by atoms with Crippen LogP contribution in [0.1, 0.15) is 25.0 Å². The van der Waals surface area contributed by atoms with Gasteiger partial charge in [0.15, 0.2) is 11.9 Å². The van der Waals surface area contributed by atoms with Gasteiger partial charge in [-0.05, 0) is 36.6 Å². The number of carboxylic acids is 1. The molecule has 1 aromatic heterocycles. The summed E-state index contributed by atoms with van der Waals surface area (Å²) in [5.41, 5.74) is 3.09. The average Bonchev–Trinajstić information content (AvgIpc) is 2.98. The van der Waals surface area contributed by atoms with E-state index >= 15 is 0 Å². The summed E-state index contributed by atoms with van der Waals surface area (Å²) < 4.78 is 16.8. The van der Waals surface area contributed by atoms with Gasteiger partial charge in [-0.3, -0.25) is 0 Å². The van der Waals surface area contributed by atoms with Crippen molar-refractivity contribution in [1.29, 1.82) is 0 Å². The van der Waals surface area contributed by atoms with E-state index in [1.54, 1.807) is 6.92 Å². The van der Waals surface area contributed by atoms with Gasteiger partial charge in [0.05, 0.1) is 19.8 Å². The Morgan fingerprint density at radius 3 is 2.36 bits per heavy atom. The number of anilines is 2. The molecule has 2 aromatic carbocycles. The second kappa shape index (κ2) is 13.9. The van der Waals surface area contributed by atoms with Gasteiger partial charge in [0, 0.05) is 38.7 Å². The van der Waals surface area contributed by atoms with Crippen LogP contribution in [-0.2, 0) is 27.1 Å². The van der Waals surface area contributed by atoms with Gasteiger partial charge in [-0.25, -0.2) is 4.79 Å². The molecule has 10 nitrogen and oxygen atoms in total. The molecule has 4 rings (SSSR count). The number of hydrogen-bond donors (Lipinski definition) is 1. The molecule has 0 radical (unpaired) electrons. The first-order chi connectivity index (χ1) is 19.0. The van der Waals surface area contributed by atoms with E-state index in [0.29, 0.717) is 62.9 Å². The number of aliphatic carboxylic acids is 1. The second-order valence-electron chi connectivity index (χ2n) is 9.31. The van der Waals surface area contributed by atoms with Gasteiger partial charge < -0.3 is 29.1 Å². The number of benzene rings is 2. The van der Waals surface area contributed by atoms with E-state index < -0.39 is 12.1 Å². The number of likely N-dealkylation sites (N-methyl/N-ethyl adjacent to an activating group) is 1. The van der Waals surface area contributed by atoms with Gasteiger partial charge in [0.2, 0.25) is 11.9 Å². The second-order valence-corrected chi connectivity index (χ2v) is 9.31. The summed E-state index contributed by atoms with van der Waals surface area (Å²) in [6, 6.07) is 15.7. The van der Waals surface area contributed by atoms with Crippen molar-refractivity contribution in [2.24, 2.45) is 0 Å². The zero-order chi connectivity index (χ0) is 27.6. The molecule has 1 aliphatic rings. The topological polar surface area (TPSA) is 110 Å². The molecule has 1 saturated heterocycles. The van der Waals surface area contributed by atoms with Crippen molar-refractivity contribution in [3.05, 3.63) is 59.7 Å². The average molecular weight is 536 g/mol. The normalized spacial score (nSPS) is 14.2. The molecule has 0 spiro atoms. The van der Waals surface area contributed by atoms with Crippen molar-refractivity contribution in [1.82, 2.24) is 15.0 Å². The lowest BCUT2D eigenvalue weighted by atomic mass is 10.1. The number of ether oxygens (including phenoxy) is 3. The number of aryl methyl sites for hydroxylation is 1. The third-order valence-electron chi connectivity index (χ3n) is 6.55. The Morgan fingerprint density at radius 1 is 1.03 bits per heavy atom. The monoisotopic (exact) mass is 535 g/mol. The first kappa shape index (κ1) is 28.3. The van der Waals surface area contributed by atoms with E-state index in [0.717, 1.165) is 30.6 Å². The summed E-state index contributed by atoms with van der Waals surface area (Å²) in [4.78, 5) is 29.8. The molecular formula is C29H37N5O5. The molecule has 0 saturated carbocycles. The zero-order valence-electron chi connectivity index (χ0n) is 22.9. The third kappa shape index (κ3) is 7.87. The van der Waals surface area contributed by atoms with Crippen LogP contribution in [0.4, 0.5) is 11.9 Å². The number of carboxylic acid groups (broad SMARTS) is 1. The highest BCUT2D eigenvalue weighted by Crippen LogP contribution is 2.23. The van der Waals surface area contributed by atoms with Crippen molar-refractivity contribution in [2.45, 2.75) is 32.8 Å². The summed E-state index contributed by atoms with van der Waals surface area (Å²) in [5, 5.41) is 9.30. The maximum atomic E-state index is 11.3. The Labute approximate surface area is 229 Å². The number of rotatable bonds is 13. The molecule has 1 unspecified atom stereocenters. The molecule has 0 aliphatic carbocycles. The SMILES string of the molecule is CCOC(Cc1ccc(OCCN(C)c2nc(-c3ccc(CC)cc3)nc(N3CCOCC3)n2)cc1)C(=O)O. The first-order valence-electron chi connectivity index (χ1n) is 13.4. The Hall–Kier alpha value is -3.76. The van der Waals surface area contributed by atoms with Crippen molar-refractivity contribution in [3.63, 3.8) is 0 Å². The van der Waals surface area contributed by atoms with Gasteiger partial charge in [-0.1, -0.05) is 43.3 Å². The molecule has 10 heteroatoms. The van der Waals surface area contributed by atoms with Crippen LogP contribution in [0.3, 0.4) is 0 Å². The number of carbonyl (C=O) groups is 1. The van der Waals surface area contributed by atoms with E-state index in [-0.39, 0.29) is 0 Å². The molecule has 3 aromatic rings. The molecule has 1 atom stereocenters. The Bertz CT molecular complexity index is 1200. The molecule has 1 N–H and O–H groups in total. The van der Waals surface area contributed by atoms with E-state index in [1.807, 2.05) is 36.2 Å². The minimum absolute atomic E-state index is 0.306. The fourth-order valence-corrected chi connectivity index (χ4v) is 4.20. The molecule has 0 amide bonds. The fourth-order valence-electron chi connectivity index (χ4n) is 4.20. The van der Waals surface area contributed by atoms with Gasteiger partial charge in [-0.15, -0.1) is 0 Å². The minimum Gasteiger partial charge on any atom is -0.492 e. The van der Waals surface area contributed by atoms with Gasteiger partial charge in [-0.2, -0.15) is 15.0 Å². The van der Waals surface area contributed by atoms with Crippen LogP contribution in [0.5, 0.6) is 5.75 Å². The van der Waals surface area contributed by atoms with Crippen molar-refractivity contribution >= 4 is 17.9 Å².